The molecule has 15 atom stereocenters. The predicted molar refractivity (Wildman–Crippen MR) is 213 cm³/mol. The summed E-state index contributed by atoms with van der Waals surface area (Å²) >= 11 is 0. The van der Waals surface area contributed by atoms with Gasteiger partial charge in [-0.2, -0.15) is 0 Å². The van der Waals surface area contributed by atoms with Crippen LogP contribution in [0, 0.1) is 0 Å². The molecule has 5 aliphatic rings. The highest BCUT2D eigenvalue weighted by Gasteiger charge is 2.52. The highest BCUT2D eigenvalue weighted by molar-refractivity contribution is 5.87. The van der Waals surface area contributed by atoms with E-state index in [0.29, 0.717) is 5.56 Å². The van der Waals surface area contributed by atoms with Crippen molar-refractivity contribution >= 4 is 12.0 Å². The smallest absolute Gasteiger partial charge is 0.330 e. The van der Waals surface area contributed by atoms with Crippen LogP contribution in [-0.4, -0.2) is 184 Å². The van der Waals surface area contributed by atoms with E-state index in [-0.39, 0.29) is 39.9 Å². The van der Waals surface area contributed by atoms with Crippen molar-refractivity contribution in [2.45, 2.75) is 92.1 Å². The lowest BCUT2D eigenvalue weighted by Crippen LogP contribution is -2.65. The molecule has 7 rings (SSSR count). The minimum Gasteiger partial charge on any atom is -0.508 e. The van der Waals surface area contributed by atoms with Crippen molar-refractivity contribution in [3.8, 4) is 51.4 Å². The Morgan fingerprint density at radius 3 is 1.86 bits per heavy atom. The zero-order chi connectivity index (χ0) is 46.9. The molecule has 4 heterocycles. The van der Waals surface area contributed by atoms with Crippen LogP contribution in [0.3, 0.4) is 0 Å². The van der Waals surface area contributed by atoms with Crippen molar-refractivity contribution in [2.75, 3.05) is 19.8 Å². The van der Waals surface area contributed by atoms with Gasteiger partial charge in [-0.3, -0.25) is 4.79 Å². The molecule has 2 aromatic carbocycles. The van der Waals surface area contributed by atoms with Crippen molar-refractivity contribution in [3.05, 3.63) is 82.5 Å². The standard InChI is InChI=1S/C42H46O23/c43-13-26-30(50)33(53)36(56)40(62-26)60-24-11-19(46)10-23-20(24)12-25(38(59-23)17-3-5-18(45)6-4-17)61-42-39(65-41-37(57)34(54)31(51)27(14-44)63-41)35(55)32(52)28(64-42)15-58-29(49)8-2-16-1-7-21(47)22(48)9-16/h1-12,26-28,30-37,39-45,47-48,50-57H,13-15H2/t26-,27-,28-,30-,31-,32-,33+,34+,35+,36+,37-,39-,40-,41+,42-/m1/s1. The van der Waals surface area contributed by atoms with Gasteiger partial charge in [0.1, 0.15) is 91.0 Å². The molecule has 0 bridgehead atoms. The van der Waals surface area contributed by atoms with Crippen molar-refractivity contribution < 1.29 is 109 Å². The fourth-order valence-electron chi connectivity index (χ4n) is 7.21. The Balaban J connectivity index is 1.26. The number of fused-ring (bicyclic) bond motifs is 1. The molecular weight excluding hydrogens is 872 g/mol. The molecule has 65 heavy (non-hydrogen) atoms. The molecule has 0 radical (unpaired) electrons. The molecule has 13 N–H and O–H groups in total. The number of aromatic hydroxyl groups is 3. The third-order valence-electron chi connectivity index (χ3n) is 10.8. The average Bonchev–Trinajstić information content (AvgIpc) is 3.29. The summed E-state index contributed by atoms with van der Waals surface area (Å²) < 4.78 is 46.5. The minimum atomic E-state index is -2.07. The van der Waals surface area contributed by atoms with Crippen molar-refractivity contribution in [3.63, 3.8) is 0 Å². The molecule has 23 heteroatoms. The number of rotatable bonds is 13. The van der Waals surface area contributed by atoms with Gasteiger partial charge < -0.3 is 104 Å². The number of phenolic OH excluding ortho intramolecular Hbond substituents is 3. The summed E-state index contributed by atoms with van der Waals surface area (Å²) in [6, 6.07) is 12.3. The van der Waals surface area contributed by atoms with Gasteiger partial charge in [0.15, 0.2) is 40.8 Å². The van der Waals surface area contributed by atoms with Crippen molar-refractivity contribution in [2.24, 2.45) is 0 Å². The second-order valence-electron chi connectivity index (χ2n) is 15.3. The third kappa shape index (κ3) is 10.2. The van der Waals surface area contributed by atoms with Gasteiger partial charge in [-0.05, 0) is 54.1 Å². The Labute approximate surface area is 366 Å². The molecule has 0 amide bonds. The molecule has 3 saturated heterocycles. The maximum Gasteiger partial charge on any atom is 0.330 e. The molecule has 1 aliphatic carbocycles. The van der Waals surface area contributed by atoms with Gasteiger partial charge in [-0.25, -0.2) is 4.79 Å². The maximum absolute atomic E-state index is 13.0. The number of aliphatic hydroxyl groups is 10. The summed E-state index contributed by atoms with van der Waals surface area (Å²) in [4.78, 5) is 25.8. The normalized spacial score (nSPS) is 32.9. The van der Waals surface area contributed by atoms with E-state index < -0.39 is 135 Å². The number of carbonyl (C=O) groups excluding carboxylic acids is 1. The van der Waals surface area contributed by atoms with Gasteiger partial charge in [0.25, 0.3) is 0 Å². The fourth-order valence-corrected chi connectivity index (χ4v) is 7.21. The maximum atomic E-state index is 13.0. The Morgan fingerprint density at radius 2 is 1.22 bits per heavy atom. The highest BCUT2D eigenvalue weighted by atomic mass is 16.8. The number of phenols is 3. The quantitative estimate of drug-likeness (QED) is 0.0360. The molecular formula is C42H46O23. The summed E-state index contributed by atoms with van der Waals surface area (Å²) in [5, 5.41) is 135. The van der Waals surface area contributed by atoms with Crippen LogP contribution in [0.4, 0.5) is 0 Å². The van der Waals surface area contributed by atoms with Crippen LogP contribution >= 0.6 is 0 Å². The Hall–Kier alpha value is -5.48. The Bertz CT molecular complexity index is 2310. The number of hydrogen-bond acceptors (Lipinski definition) is 23. The first kappa shape index (κ1) is 47.5. The molecule has 3 fully saturated rings. The van der Waals surface area contributed by atoms with E-state index in [1.54, 1.807) is 0 Å². The average molecular weight is 919 g/mol. The molecule has 352 valence electrons. The lowest BCUT2D eigenvalue weighted by Gasteiger charge is -2.46. The molecule has 0 unspecified atom stereocenters. The van der Waals surface area contributed by atoms with E-state index in [1.807, 2.05) is 0 Å². The molecule has 23 nitrogen and oxygen atoms in total. The highest BCUT2D eigenvalue weighted by Crippen LogP contribution is 2.43. The summed E-state index contributed by atoms with van der Waals surface area (Å²) in [7, 11) is 0. The number of carbonyl (C=O) groups is 1. The van der Waals surface area contributed by atoms with Crippen LogP contribution in [0.15, 0.2) is 76.0 Å². The molecule has 4 aliphatic heterocycles. The van der Waals surface area contributed by atoms with E-state index >= 15 is 0 Å². The van der Waals surface area contributed by atoms with E-state index in [0.717, 1.165) is 24.3 Å². The second-order valence-corrected chi connectivity index (χ2v) is 15.3. The Morgan fingerprint density at radius 1 is 0.615 bits per heavy atom. The van der Waals surface area contributed by atoms with Crippen LogP contribution < -0.4 is 14.9 Å². The van der Waals surface area contributed by atoms with Crippen LogP contribution in [0.1, 0.15) is 5.56 Å². The third-order valence-corrected chi connectivity index (χ3v) is 10.8. The molecule has 0 aromatic heterocycles. The predicted octanol–water partition coefficient (Wildman–Crippen LogP) is -3.03. The topological polar surface area (TPSA) is 375 Å². The summed E-state index contributed by atoms with van der Waals surface area (Å²) in [6.07, 6.45) is -25.2. The fraction of sp³-hybridized carbons (Fsp3) is 0.429. The van der Waals surface area contributed by atoms with Crippen molar-refractivity contribution in [1.29, 1.82) is 0 Å². The van der Waals surface area contributed by atoms with E-state index in [9.17, 15) is 76.0 Å². The van der Waals surface area contributed by atoms with Gasteiger partial charge in [0.05, 0.1) is 18.8 Å². The first-order valence-corrected chi connectivity index (χ1v) is 19.9. The van der Waals surface area contributed by atoms with Gasteiger partial charge >= 0.3 is 5.97 Å². The minimum absolute atomic E-state index is 0.0823. The van der Waals surface area contributed by atoms with Crippen LogP contribution in [0.5, 0.6) is 28.7 Å². The summed E-state index contributed by atoms with van der Waals surface area (Å²) in [5.74, 6) is -3.06. The van der Waals surface area contributed by atoms with E-state index in [4.69, 9.17) is 37.6 Å². The molecule has 0 spiro atoms. The van der Waals surface area contributed by atoms with Crippen LogP contribution in [0.25, 0.3) is 28.7 Å². The first-order chi connectivity index (χ1) is 31.0. The summed E-state index contributed by atoms with van der Waals surface area (Å²) in [6.45, 7) is -2.42. The van der Waals surface area contributed by atoms with Gasteiger partial charge in [0.2, 0.25) is 12.6 Å². The lowest BCUT2D eigenvalue weighted by molar-refractivity contribution is -0.357. The number of hydrogen-bond donors (Lipinski definition) is 13. The number of aliphatic hydroxyl groups excluding tert-OH is 10. The van der Waals surface area contributed by atoms with Gasteiger partial charge in [-0.15, -0.1) is 0 Å². The molecule has 0 saturated carbocycles. The number of ether oxygens (including phenoxy) is 7. The summed E-state index contributed by atoms with van der Waals surface area (Å²) in [5.41, 5.74) is -0.294. The van der Waals surface area contributed by atoms with Gasteiger partial charge in [-0.1, -0.05) is 6.07 Å². The van der Waals surface area contributed by atoms with Crippen LogP contribution in [0.2, 0.25) is 0 Å². The van der Waals surface area contributed by atoms with Crippen molar-refractivity contribution in [1.82, 2.24) is 0 Å². The zero-order valence-electron chi connectivity index (χ0n) is 33.6. The SMILES string of the molecule is O=C(C=Cc1ccc(O)c(O)c1)OC[C@H]1O[C@@H](Oc2cc3c(O[C@@H]4O[C@H](CO)[C@@H](O)[C@H](O)[C@@H]4O)cc(=O)cc-3oc2-c2ccc(O)cc2)[C@H](O[C@@H]2O[C@H](CO)[C@@H](O)[C@H](O)[C@H]2O)[C@@H](O)[C@@H]1O. The number of esters is 1. The zero-order valence-corrected chi connectivity index (χ0v) is 33.6. The van der Waals surface area contributed by atoms with E-state index in [2.05, 4.69) is 0 Å². The van der Waals surface area contributed by atoms with Crippen LogP contribution in [-0.2, 0) is 28.5 Å². The van der Waals surface area contributed by atoms with Gasteiger partial charge in [0, 0.05) is 23.8 Å². The number of benzene rings is 3. The second kappa shape index (κ2) is 19.9. The monoisotopic (exact) mass is 918 g/mol. The first-order valence-electron chi connectivity index (χ1n) is 19.9. The van der Waals surface area contributed by atoms with E-state index in [1.165, 1.54) is 48.5 Å². The largest absolute Gasteiger partial charge is 0.508 e. The lowest BCUT2D eigenvalue weighted by atomic mass is 9.97. The molecule has 2 aromatic rings. The Kier molecular flexibility index (Phi) is 14.6.